The summed E-state index contributed by atoms with van der Waals surface area (Å²) in [6, 6.07) is 9.96. The van der Waals surface area contributed by atoms with E-state index in [0.29, 0.717) is 31.0 Å². The minimum Gasteiger partial charge on any atom is -0.339 e. The summed E-state index contributed by atoms with van der Waals surface area (Å²) in [7, 11) is 0. The Labute approximate surface area is 157 Å². The molecule has 2 heterocycles. The number of hydrogen-bond acceptors (Lipinski definition) is 5. The first kappa shape index (κ1) is 18.3. The third-order valence-corrected chi connectivity index (χ3v) is 4.62. The van der Waals surface area contributed by atoms with E-state index in [1.54, 1.807) is 11.3 Å². The largest absolute Gasteiger partial charge is 0.339 e. The second-order valence-corrected chi connectivity index (χ2v) is 8.04. The number of thiophene rings is 1. The molecular weight excluding hydrogens is 346 g/mol. The van der Waals surface area contributed by atoms with Crippen LogP contribution in [-0.2, 0) is 16.6 Å². The molecule has 3 aromatic rings. The molecule has 1 amide bonds. The number of carbonyl (C=O) groups is 1. The molecule has 0 bridgehead atoms. The second kappa shape index (κ2) is 7.83. The van der Waals surface area contributed by atoms with Crippen LogP contribution in [0.2, 0.25) is 0 Å². The first-order chi connectivity index (χ1) is 12.4. The van der Waals surface area contributed by atoms with Crippen molar-refractivity contribution in [2.45, 2.75) is 45.4 Å². The van der Waals surface area contributed by atoms with Crippen LogP contribution in [0, 0.1) is 0 Å². The fourth-order valence-electron chi connectivity index (χ4n) is 2.49. The summed E-state index contributed by atoms with van der Waals surface area (Å²) in [6.07, 6.45) is 1.68. The van der Waals surface area contributed by atoms with Gasteiger partial charge in [0.25, 0.3) is 0 Å². The Bertz CT molecular complexity index is 863. The minimum absolute atomic E-state index is 0.0111. The summed E-state index contributed by atoms with van der Waals surface area (Å²) in [5.74, 6) is 1.27. The number of anilines is 1. The Balaban J connectivity index is 1.50. The fourth-order valence-corrected chi connectivity index (χ4v) is 3.15. The maximum absolute atomic E-state index is 12.2. The monoisotopic (exact) mass is 369 g/mol. The van der Waals surface area contributed by atoms with Crippen molar-refractivity contribution in [3.63, 3.8) is 0 Å². The number of rotatable bonds is 6. The van der Waals surface area contributed by atoms with Gasteiger partial charge in [-0.3, -0.25) is 4.79 Å². The Morgan fingerprint density at radius 2 is 2.08 bits per heavy atom. The Hall–Kier alpha value is -2.47. The predicted octanol–water partition coefficient (Wildman–Crippen LogP) is 5.06. The zero-order valence-corrected chi connectivity index (χ0v) is 16.1. The zero-order valence-electron chi connectivity index (χ0n) is 15.3. The number of hydrogen-bond donors (Lipinski definition) is 1. The van der Waals surface area contributed by atoms with Crippen molar-refractivity contribution >= 4 is 22.9 Å². The highest BCUT2D eigenvalue weighted by molar-refractivity contribution is 7.08. The van der Waals surface area contributed by atoms with E-state index in [2.05, 4.69) is 26.9 Å². The predicted molar refractivity (Wildman–Crippen MR) is 104 cm³/mol. The molecule has 3 rings (SSSR count). The first-order valence-corrected chi connectivity index (χ1v) is 9.62. The molecule has 26 heavy (non-hydrogen) atoms. The molecule has 0 aliphatic heterocycles. The molecule has 0 atom stereocenters. The highest BCUT2D eigenvalue weighted by atomic mass is 32.1. The van der Waals surface area contributed by atoms with Crippen molar-refractivity contribution < 1.29 is 9.32 Å². The number of aryl methyl sites for hydroxylation is 1. The van der Waals surface area contributed by atoms with Crippen LogP contribution in [0.25, 0.3) is 11.1 Å². The van der Waals surface area contributed by atoms with Crippen LogP contribution in [0.5, 0.6) is 0 Å². The molecular formula is C20H23N3O2S. The van der Waals surface area contributed by atoms with E-state index in [1.807, 2.05) is 50.4 Å². The Kier molecular flexibility index (Phi) is 5.52. The lowest BCUT2D eigenvalue weighted by atomic mass is 9.96. The van der Waals surface area contributed by atoms with Gasteiger partial charge < -0.3 is 9.84 Å². The second-order valence-electron chi connectivity index (χ2n) is 7.26. The molecule has 0 spiro atoms. The lowest BCUT2D eigenvalue weighted by Crippen LogP contribution is -2.13. The van der Waals surface area contributed by atoms with Crippen molar-refractivity contribution in [2.24, 2.45) is 0 Å². The summed E-state index contributed by atoms with van der Waals surface area (Å²) in [5.41, 5.74) is 2.94. The van der Waals surface area contributed by atoms with Crippen LogP contribution < -0.4 is 5.32 Å². The van der Waals surface area contributed by atoms with Gasteiger partial charge in [0.1, 0.15) is 0 Å². The molecule has 0 fully saturated rings. The van der Waals surface area contributed by atoms with Gasteiger partial charge in [-0.25, -0.2) is 0 Å². The summed E-state index contributed by atoms with van der Waals surface area (Å²) < 4.78 is 5.26. The van der Waals surface area contributed by atoms with Crippen LogP contribution >= 0.6 is 11.3 Å². The molecule has 0 aliphatic carbocycles. The molecule has 0 saturated heterocycles. The number of amides is 1. The average molecular weight is 369 g/mol. The third-order valence-electron chi connectivity index (χ3n) is 3.93. The van der Waals surface area contributed by atoms with E-state index in [9.17, 15) is 4.79 Å². The fraction of sp³-hybridized carbons (Fsp3) is 0.350. The van der Waals surface area contributed by atoms with E-state index in [-0.39, 0.29) is 11.3 Å². The summed E-state index contributed by atoms with van der Waals surface area (Å²) in [4.78, 5) is 16.6. The van der Waals surface area contributed by atoms with Crippen LogP contribution in [0.15, 0.2) is 45.6 Å². The van der Waals surface area contributed by atoms with Crippen molar-refractivity contribution in [3.05, 3.63) is 52.8 Å². The number of nitrogens with zero attached hydrogens (tertiary/aromatic N) is 2. The van der Waals surface area contributed by atoms with Gasteiger partial charge in [-0.2, -0.15) is 16.3 Å². The molecule has 2 aromatic heterocycles. The van der Waals surface area contributed by atoms with Gasteiger partial charge in [-0.05, 0) is 46.5 Å². The first-order valence-electron chi connectivity index (χ1n) is 8.67. The van der Waals surface area contributed by atoms with Gasteiger partial charge in [0.05, 0.1) is 0 Å². The topological polar surface area (TPSA) is 68.0 Å². The standard InChI is InChI=1S/C20H23N3O2S/c1-20(2,3)19-22-18(25-23-19)9-5-8-17(24)21-16-7-4-6-14(12-16)15-10-11-26-13-15/h4,6-7,10-13H,5,8-9H2,1-3H3,(H,21,24). The SMILES string of the molecule is CC(C)(C)c1noc(CCCC(=O)Nc2cccc(-c3ccsc3)c2)n1. The van der Waals surface area contributed by atoms with Crippen LogP contribution in [0.1, 0.15) is 45.3 Å². The summed E-state index contributed by atoms with van der Waals surface area (Å²) >= 11 is 1.66. The molecule has 1 N–H and O–H groups in total. The number of aromatic nitrogens is 2. The zero-order chi connectivity index (χ0) is 18.6. The normalized spacial score (nSPS) is 11.5. The average Bonchev–Trinajstić information content (AvgIpc) is 3.26. The molecule has 1 aromatic carbocycles. The Morgan fingerprint density at radius 3 is 2.77 bits per heavy atom. The van der Waals surface area contributed by atoms with E-state index in [4.69, 9.17) is 4.52 Å². The molecule has 5 nitrogen and oxygen atoms in total. The van der Waals surface area contributed by atoms with Gasteiger partial charge in [0, 0.05) is 23.9 Å². The maximum Gasteiger partial charge on any atom is 0.226 e. The van der Waals surface area contributed by atoms with Crippen molar-refractivity contribution in [2.75, 3.05) is 5.32 Å². The van der Waals surface area contributed by atoms with Crippen LogP contribution in [0.3, 0.4) is 0 Å². The molecule has 136 valence electrons. The number of carbonyl (C=O) groups excluding carboxylic acids is 1. The Morgan fingerprint density at radius 1 is 1.23 bits per heavy atom. The highest BCUT2D eigenvalue weighted by Gasteiger charge is 2.20. The summed E-state index contributed by atoms with van der Waals surface area (Å²) in [5, 5.41) is 11.1. The van der Waals surface area contributed by atoms with Crippen LogP contribution in [0.4, 0.5) is 5.69 Å². The smallest absolute Gasteiger partial charge is 0.226 e. The van der Waals surface area contributed by atoms with Gasteiger partial charge >= 0.3 is 0 Å². The molecule has 0 saturated carbocycles. The molecule has 0 aliphatic rings. The van der Waals surface area contributed by atoms with E-state index < -0.39 is 0 Å². The molecule has 0 radical (unpaired) electrons. The lowest BCUT2D eigenvalue weighted by Gasteiger charge is -2.10. The van der Waals surface area contributed by atoms with Gasteiger partial charge in [-0.15, -0.1) is 0 Å². The van der Waals surface area contributed by atoms with E-state index in [1.165, 1.54) is 0 Å². The van der Waals surface area contributed by atoms with Crippen molar-refractivity contribution in [1.29, 1.82) is 0 Å². The van der Waals surface area contributed by atoms with E-state index in [0.717, 1.165) is 16.8 Å². The van der Waals surface area contributed by atoms with Gasteiger partial charge in [0.15, 0.2) is 5.82 Å². The maximum atomic E-state index is 12.2. The van der Waals surface area contributed by atoms with Gasteiger partial charge in [-0.1, -0.05) is 38.1 Å². The van der Waals surface area contributed by atoms with Crippen molar-refractivity contribution in [3.8, 4) is 11.1 Å². The minimum atomic E-state index is -0.132. The number of benzene rings is 1. The number of nitrogens with one attached hydrogen (secondary N) is 1. The third kappa shape index (κ3) is 4.79. The van der Waals surface area contributed by atoms with Crippen LogP contribution in [-0.4, -0.2) is 16.0 Å². The lowest BCUT2D eigenvalue weighted by molar-refractivity contribution is -0.116. The quantitative estimate of drug-likeness (QED) is 0.659. The van der Waals surface area contributed by atoms with Gasteiger partial charge in [0.2, 0.25) is 11.8 Å². The highest BCUT2D eigenvalue weighted by Crippen LogP contribution is 2.25. The van der Waals surface area contributed by atoms with Crippen molar-refractivity contribution in [1.82, 2.24) is 10.1 Å². The summed E-state index contributed by atoms with van der Waals surface area (Å²) in [6.45, 7) is 6.12. The molecule has 0 unspecified atom stereocenters. The van der Waals surface area contributed by atoms with E-state index >= 15 is 0 Å². The molecule has 6 heteroatoms.